The third kappa shape index (κ3) is 4.33. The highest BCUT2D eigenvalue weighted by molar-refractivity contribution is 5.90. The molecule has 4 aromatic rings. The number of benzene rings is 2. The van der Waals surface area contributed by atoms with Gasteiger partial charge in [-0.2, -0.15) is 35.7 Å². The van der Waals surface area contributed by atoms with E-state index in [1.165, 1.54) is 4.68 Å². The SMILES string of the molecule is COC(=O)c1nnn(-c2ccccc2)c1-n1cnc(-c2cc(C(F)(F)F)cc(C(F)(F)F)c2)n1. The second kappa shape index (κ2) is 8.28. The van der Waals surface area contributed by atoms with Crippen LogP contribution >= 0.6 is 0 Å². The number of carbonyl (C=O) groups excluding carboxylic acids is 1. The van der Waals surface area contributed by atoms with Crippen molar-refractivity contribution in [3.05, 3.63) is 71.7 Å². The molecular weight excluding hydrogens is 470 g/mol. The molecule has 0 bridgehead atoms. The van der Waals surface area contributed by atoms with Crippen LogP contribution in [0.15, 0.2) is 54.9 Å². The highest BCUT2D eigenvalue weighted by Crippen LogP contribution is 2.38. The molecule has 0 fully saturated rings. The molecule has 0 spiro atoms. The van der Waals surface area contributed by atoms with Gasteiger partial charge in [0.15, 0.2) is 11.6 Å². The van der Waals surface area contributed by atoms with E-state index in [2.05, 4.69) is 25.1 Å². The van der Waals surface area contributed by atoms with Crippen LogP contribution in [0.5, 0.6) is 0 Å². The fourth-order valence-electron chi connectivity index (χ4n) is 3.04. The summed E-state index contributed by atoms with van der Waals surface area (Å²) in [6.07, 6.45) is -9.06. The molecular formula is C20H12F6N6O2. The molecule has 0 aliphatic heterocycles. The topological polar surface area (TPSA) is 87.7 Å². The Hall–Kier alpha value is -4.23. The predicted molar refractivity (Wildman–Crippen MR) is 103 cm³/mol. The van der Waals surface area contributed by atoms with Gasteiger partial charge in [0.05, 0.1) is 23.9 Å². The molecule has 0 saturated heterocycles. The molecule has 0 radical (unpaired) electrons. The summed E-state index contributed by atoms with van der Waals surface area (Å²) >= 11 is 0. The van der Waals surface area contributed by atoms with Crippen molar-refractivity contribution < 1.29 is 35.9 Å². The van der Waals surface area contributed by atoms with Crippen molar-refractivity contribution >= 4 is 5.97 Å². The first-order valence-electron chi connectivity index (χ1n) is 9.30. The Balaban J connectivity index is 1.87. The number of aromatic nitrogens is 6. The number of rotatable bonds is 4. The zero-order valence-corrected chi connectivity index (χ0v) is 17.0. The smallest absolute Gasteiger partial charge is 0.416 e. The molecule has 4 rings (SSSR count). The highest BCUT2D eigenvalue weighted by atomic mass is 19.4. The van der Waals surface area contributed by atoms with Crippen LogP contribution in [0.2, 0.25) is 0 Å². The third-order valence-electron chi connectivity index (χ3n) is 4.58. The van der Waals surface area contributed by atoms with Gasteiger partial charge in [-0.25, -0.2) is 9.78 Å². The van der Waals surface area contributed by atoms with E-state index in [-0.39, 0.29) is 17.6 Å². The lowest BCUT2D eigenvalue weighted by Crippen LogP contribution is -2.12. The quantitative estimate of drug-likeness (QED) is 0.318. The van der Waals surface area contributed by atoms with Gasteiger partial charge in [0.25, 0.3) is 0 Å². The van der Waals surface area contributed by atoms with Crippen LogP contribution in [-0.2, 0) is 17.1 Å². The van der Waals surface area contributed by atoms with E-state index in [0.29, 0.717) is 17.8 Å². The van der Waals surface area contributed by atoms with Crippen molar-refractivity contribution in [2.24, 2.45) is 0 Å². The standard InChI is InChI=1S/C20H12F6N6O2/c1-34-18(33)15-17(32(30-28-15)14-5-3-2-4-6-14)31-10-27-16(29-31)11-7-12(19(21,22)23)9-13(8-11)20(24,25)26/h2-10H,1H3. The zero-order chi connectivity index (χ0) is 24.7. The van der Waals surface area contributed by atoms with E-state index in [0.717, 1.165) is 18.1 Å². The molecule has 34 heavy (non-hydrogen) atoms. The molecule has 0 aliphatic carbocycles. The number of methoxy groups -OCH3 is 1. The normalized spacial score (nSPS) is 12.1. The molecule has 0 unspecified atom stereocenters. The Kier molecular flexibility index (Phi) is 5.59. The van der Waals surface area contributed by atoms with Crippen LogP contribution in [0, 0.1) is 0 Å². The van der Waals surface area contributed by atoms with Gasteiger partial charge in [-0.15, -0.1) is 10.2 Å². The number of hydrogen-bond donors (Lipinski definition) is 0. The first kappa shape index (κ1) is 22.9. The molecule has 0 amide bonds. The summed E-state index contributed by atoms with van der Waals surface area (Å²) in [6, 6.07) is 9.33. The van der Waals surface area contributed by atoms with Gasteiger partial charge in [0, 0.05) is 5.56 Å². The number of carbonyl (C=O) groups is 1. The van der Waals surface area contributed by atoms with Crippen molar-refractivity contribution in [1.29, 1.82) is 0 Å². The summed E-state index contributed by atoms with van der Waals surface area (Å²) < 4.78 is 86.1. The fourth-order valence-corrected chi connectivity index (χ4v) is 3.04. The molecule has 176 valence electrons. The Morgan fingerprint density at radius 2 is 1.56 bits per heavy atom. The predicted octanol–water partition coefficient (Wildman–Crippen LogP) is 4.34. The molecule has 8 nitrogen and oxygen atoms in total. The van der Waals surface area contributed by atoms with Gasteiger partial charge >= 0.3 is 18.3 Å². The summed E-state index contributed by atoms with van der Waals surface area (Å²) in [5, 5.41) is 11.6. The van der Waals surface area contributed by atoms with Crippen LogP contribution in [0.25, 0.3) is 22.9 Å². The Morgan fingerprint density at radius 1 is 0.941 bits per heavy atom. The van der Waals surface area contributed by atoms with Crippen LogP contribution in [0.1, 0.15) is 21.6 Å². The summed E-state index contributed by atoms with van der Waals surface area (Å²) in [7, 11) is 1.10. The van der Waals surface area contributed by atoms with Gasteiger partial charge in [-0.05, 0) is 30.3 Å². The van der Waals surface area contributed by atoms with Gasteiger partial charge in [-0.3, -0.25) is 0 Å². The zero-order valence-electron chi connectivity index (χ0n) is 17.0. The second-order valence-corrected chi connectivity index (χ2v) is 6.81. The lowest BCUT2D eigenvalue weighted by Gasteiger charge is -2.13. The summed E-state index contributed by atoms with van der Waals surface area (Å²) in [4.78, 5) is 16.0. The molecule has 2 aromatic heterocycles. The van der Waals surface area contributed by atoms with Crippen molar-refractivity contribution in [2.45, 2.75) is 12.4 Å². The van der Waals surface area contributed by atoms with Crippen LogP contribution in [0.3, 0.4) is 0 Å². The molecule has 0 aliphatic rings. The van der Waals surface area contributed by atoms with Crippen molar-refractivity contribution in [3.63, 3.8) is 0 Å². The first-order chi connectivity index (χ1) is 16.0. The summed E-state index contributed by atoms with van der Waals surface area (Å²) in [6.45, 7) is 0. The molecule has 2 heterocycles. The van der Waals surface area contributed by atoms with Gasteiger partial charge in [0.2, 0.25) is 5.69 Å². The van der Waals surface area contributed by atoms with Crippen LogP contribution in [-0.4, -0.2) is 42.8 Å². The monoisotopic (exact) mass is 482 g/mol. The van der Waals surface area contributed by atoms with Gasteiger partial charge in [0.1, 0.15) is 6.33 Å². The number of nitrogens with zero attached hydrogens (tertiary/aromatic N) is 6. The van der Waals surface area contributed by atoms with E-state index in [1.807, 2.05) is 0 Å². The van der Waals surface area contributed by atoms with Gasteiger partial charge in [-0.1, -0.05) is 23.4 Å². The van der Waals surface area contributed by atoms with E-state index < -0.39 is 40.8 Å². The van der Waals surface area contributed by atoms with E-state index >= 15 is 0 Å². The molecule has 14 heteroatoms. The number of esters is 1. The van der Waals surface area contributed by atoms with Crippen molar-refractivity contribution in [3.8, 4) is 22.9 Å². The first-order valence-corrected chi connectivity index (χ1v) is 9.30. The summed E-state index contributed by atoms with van der Waals surface area (Å²) in [5.74, 6) is -1.43. The van der Waals surface area contributed by atoms with E-state index in [4.69, 9.17) is 0 Å². The highest BCUT2D eigenvalue weighted by Gasteiger charge is 2.37. The minimum absolute atomic E-state index is 0.00422. The third-order valence-corrected chi connectivity index (χ3v) is 4.58. The Morgan fingerprint density at radius 3 is 2.12 bits per heavy atom. The number of para-hydroxylation sites is 1. The molecule has 0 N–H and O–H groups in total. The maximum atomic E-state index is 13.2. The van der Waals surface area contributed by atoms with Gasteiger partial charge < -0.3 is 4.74 Å². The Labute approximate surface area is 186 Å². The van der Waals surface area contributed by atoms with E-state index in [9.17, 15) is 31.1 Å². The minimum atomic E-state index is -5.04. The lowest BCUT2D eigenvalue weighted by molar-refractivity contribution is -0.143. The Bertz CT molecular complexity index is 1310. The molecule has 2 aromatic carbocycles. The lowest BCUT2D eigenvalue weighted by atomic mass is 10.0. The van der Waals surface area contributed by atoms with E-state index in [1.54, 1.807) is 30.3 Å². The maximum absolute atomic E-state index is 13.2. The molecule has 0 atom stereocenters. The van der Waals surface area contributed by atoms with Crippen LogP contribution in [0.4, 0.5) is 26.3 Å². The number of ether oxygens (including phenoxy) is 1. The number of halogens is 6. The second-order valence-electron chi connectivity index (χ2n) is 6.81. The summed E-state index contributed by atoms with van der Waals surface area (Å²) in [5.41, 5.74) is -3.42. The van der Waals surface area contributed by atoms with Crippen molar-refractivity contribution in [1.82, 2.24) is 29.8 Å². The number of hydrogen-bond acceptors (Lipinski definition) is 6. The average molecular weight is 482 g/mol. The average Bonchev–Trinajstić information content (AvgIpc) is 3.45. The number of alkyl halides is 6. The molecule has 0 saturated carbocycles. The van der Waals surface area contributed by atoms with Crippen molar-refractivity contribution in [2.75, 3.05) is 7.11 Å². The maximum Gasteiger partial charge on any atom is 0.416 e. The minimum Gasteiger partial charge on any atom is -0.464 e. The fraction of sp³-hybridized carbons (Fsp3) is 0.150. The largest absolute Gasteiger partial charge is 0.464 e. The van der Waals surface area contributed by atoms with Crippen LogP contribution < -0.4 is 0 Å².